The highest BCUT2D eigenvalue weighted by Gasteiger charge is 2.41. The second-order valence-corrected chi connectivity index (χ2v) is 6.68. The molecular formula is C26H19F11O. The van der Waals surface area contributed by atoms with Gasteiger partial charge in [0.05, 0.1) is 5.56 Å². The van der Waals surface area contributed by atoms with E-state index in [1.165, 1.54) is 18.8 Å². The van der Waals surface area contributed by atoms with Gasteiger partial charge in [-0.05, 0) is 24.6 Å². The van der Waals surface area contributed by atoms with Gasteiger partial charge in [0.25, 0.3) is 0 Å². The monoisotopic (exact) mass is 556 g/mol. The number of aryl methyl sites for hydroxylation is 1. The predicted octanol–water partition coefficient (Wildman–Crippen LogP) is 8.83. The van der Waals surface area contributed by atoms with Crippen LogP contribution < -0.4 is 4.74 Å². The van der Waals surface area contributed by atoms with Crippen molar-refractivity contribution in [2.24, 2.45) is 0 Å². The molecule has 0 saturated carbocycles. The number of rotatable bonds is 3. The van der Waals surface area contributed by atoms with E-state index in [4.69, 9.17) is 0 Å². The normalized spacial score (nSPS) is 10.4. The Bertz CT molecular complexity index is 1300. The van der Waals surface area contributed by atoms with E-state index in [0.29, 0.717) is 12.1 Å². The van der Waals surface area contributed by atoms with Crippen molar-refractivity contribution in [3.05, 3.63) is 98.9 Å². The predicted molar refractivity (Wildman–Crippen MR) is 117 cm³/mol. The molecule has 1 nitrogen and oxygen atoms in total. The summed E-state index contributed by atoms with van der Waals surface area (Å²) in [6, 6.07) is 1.33. The molecule has 0 bridgehead atoms. The molecule has 12 heteroatoms. The molecule has 0 N–H and O–H groups in total. The number of ether oxygens (including phenoxy) is 1. The fourth-order valence-electron chi connectivity index (χ4n) is 2.74. The van der Waals surface area contributed by atoms with Crippen LogP contribution in [-0.2, 0) is 6.11 Å². The van der Waals surface area contributed by atoms with Gasteiger partial charge in [0.15, 0.2) is 23.3 Å². The molecular weight excluding hydrogens is 537 g/mol. The zero-order chi connectivity index (χ0) is 29.5. The molecule has 3 aromatic carbocycles. The second kappa shape index (κ2) is 13.2. The highest BCUT2D eigenvalue weighted by Crippen LogP contribution is 2.36. The Morgan fingerprint density at radius 3 is 1.34 bits per heavy atom. The third kappa shape index (κ3) is 6.76. The largest absolute Gasteiger partial charge is 0.432 e. The lowest BCUT2D eigenvalue weighted by molar-refractivity contribution is -0.189. The molecule has 0 unspecified atom stereocenters. The van der Waals surface area contributed by atoms with Gasteiger partial charge in [-0.3, -0.25) is 0 Å². The molecule has 0 spiro atoms. The van der Waals surface area contributed by atoms with Crippen LogP contribution in [0.2, 0.25) is 0 Å². The van der Waals surface area contributed by atoms with E-state index in [9.17, 15) is 48.3 Å². The van der Waals surface area contributed by atoms with Crippen LogP contribution >= 0.6 is 0 Å². The average molecular weight is 556 g/mol. The van der Waals surface area contributed by atoms with Crippen LogP contribution in [0, 0.1) is 71.1 Å². The third-order valence-electron chi connectivity index (χ3n) is 4.26. The van der Waals surface area contributed by atoms with Gasteiger partial charge in [0.1, 0.15) is 40.1 Å². The molecule has 0 aromatic heterocycles. The minimum Gasteiger partial charge on any atom is -0.429 e. The SMILES string of the molecule is CC.CC.Cc1cc(F)c(C(F)(F)Oc2cc(F)c(C#Cc3c(F)c(F)c(F)c(F)c3F)c(F)c2)c(F)c1. The molecule has 0 radical (unpaired) electrons. The first kappa shape index (κ1) is 32.3. The lowest BCUT2D eigenvalue weighted by atomic mass is 10.1. The van der Waals surface area contributed by atoms with Crippen LogP contribution in [0.4, 0.5) is 48.3 Å². The topological polar surface area (TPSA) is 9.23 Å². The molecule has 0 aliphatic carbocycles. The molecule has 0 heterocycles. The third-order valence-corrected chi connectivity index (χ3v) is 4.26. The molecule has 0 fully saturated rings. The summed E-state index contributed by atoms with van der Waals surface area (Å²) in [7, 11) is 0. The van der Waals surface area contributed by atoms with Gasteiger partial charge in [0, 0.05) is 12.1 Å². The molecule has 0 aliphatic heterocycles. The number of halogens is 11. The van der Waals surface area contributed by atoms with E-state index >= 15 is 0 Å². The molecule has 0 amide bonds. The number of hydrogen-bond acceptors (Lipinski definition) is 1. The maximum Gasteiger partial charge on any atom is 0.432 e. The van der Waals surface area contributed by atoms with Gasteiger partial charge in [-0.15, -0.1) is 0 Å². The van der Waals surface area contributed by atoms with E-state index in [1.54, 1.807) is 0 Å². The van der Waals surface area contributed by atoms with Crippen molar-refractivity contribution in [3.63, 3.8) is 0 Å². The van der Waals surface area contributed by atoms with E-state index in [-0.39, 0.29) is 17.7 Å². The number of benzene rings is 3. The first-order chi connectivity index (χ1) is 17.7. The van der Waals surface area contributed by atoms with Gasteiger partial charge < -0.3 is 4.74 Å². The van der Waals surface area contributed by atoms with Crippen molar-refractivity contribution in [3.8, 4) is 17.6 Å². The van der Waals surface area contributed by atoms with Crippen LogP contribution in [0.3, 0.4) is 0 Å². The number of hydrogen-bond donors (Lipinski definition) is 0. The highest BCUT2D eigenvalue weighted by molar-refractivity contribution is 5.47. The van der Waals surface area contributed by atoms with Gasteiger partial charge in [-0.1, -0.05) is 39.5 Å². The van der Waals surface area contributed by atoms with Crippen molar-refractivity contribution in [1.29, 1.82) is 0 Å². The van der Waals surface area contributed by atoms with E-state index in [1.807, 2.05) is 27.7 Å². The Kier molecular flexibility index (Phi) is 11.2. The molecule has 0 aliphatic rings. The van der Waals surface area contributed by atoms with Crippen LogP contribution in [0.1, 0.15) is 49.9 Å². The molecule has 3 aromatic rings. The zero-order valence-electron chi connectivity index (χ0n) is 20.4. The highest BCUT2D eigenvalue weighted by atomic mass is 19.3. The van der Waals surface area contributed by atoms with E-state index in [2.05, 4.69) is 4.74 Å². The molecule has 3 rings (SSSR count). The first-order valence-corrected chi connectivity index (χ1v) is 10.8. The maximum atomic E-state index is 14.3. The Morgan fingerprint density at radius 2 is 0.921 bits per heavy atom. The van der Waals surface area contributed by atoms with E-state index in [0.717, 1.165) is 0 Å². The van der Waals surface area contributed by atoms with Gasteiger partial charge in [0.2, 0.25) is 5.82 Å². The first-order valence-electron chi connectivity index (χ1n) is 10.8. The van der Waals surface area contributed by atoms with Crippen LogP contribution in [0.15, 0.2) is 24.3 Å². The quantitative estimate of drug-likeness (QED) is 0.136. The summed E-state index contributed by atoms with van der Waals surface area (Å²) in [6.07, 6.45) is -4.73. The summed E-state index contributed by atoms with van der Waals surface area (Å²) in [5.41, 5.74) is -4.89. The fraction of sp³-hybridized carbons (Fsp3) is 0.231. The van der Waals surface area contributed by atoms with Gasteiger partial charge in [-0.2, -0.15) is 8.78 Å². The van der Waals surface area contributed by atoms with Crippen molar-refractivity contribution in [2.75, 3.05) is 0 Å². The Hall–Kier alpha value is -3.75. The Labute approximate surface area is 210 Å². The van der Waals surface area contributed by atoms with Gasteiger partial charge >= 0.3 is 6.11 Å². The second-order valence-electron chi connectivity index (χ2n) is 6.68. The zero-order valence-corrected chi connectivity index (χ0v) is 20.4. The molecule has 38 heavy (non-hydrogen) atoms. The molecule has 0 atom stereocenters. The van der Waals surface area contributed by atoms with Crippen molar-refractivity contribution in [1.82, 2.24) is 0 Å². The van der Waals surface area contributed by atoms with Crippen LogP contribution in [-0.4, -0.2) is 0 Å². The summed E-state index contributed by atoms with van der Waals surface area (Å²) in [6.45, 7) is 9.21. The maximum absolute atomic E-state index is 14.3. The van der Waals surface area contributed by atoms with Crippen molar-refractivity contribution in [2.45, 2.75) is 40.7 Å². The lowest BCUT2D eigenvalue weighted by Crippen LogP contribution is -2.25. The van der Waals surface area contributed by atoms with Crippen LogP contribution in [0.5, 0.6) is 5.75 Å². The Morgan fingerprint density at radius 1 is 0.553 bits per heavy atom. The fourth-order valence-corrected chi connectivity index (χ4v) is 2.74. The van der Waals surface area contributed by atoms with E-state index < -0.39 is 80.9 Å². The lowest BCUT2D eigenvalue weighted by Gasteiger charge is -2.20. The molecule has 206 valence electrons. The van der Waals surface area contributed by atoms with Crippen molar-refractivity contribution >= 4 is 0 Å². The van der Waals surface area contributed by atoms with Gasteiger partial charge in [-0.25, -0.2) is 39.5 Å². The van der Waals surface area contributed by atoms with Crippen LogP contribution in [0.25, 0.3) is 0 Å². The number of alkyl halides is 2. The Balaban J connectivity index is 0.00000172. The minimum absolute atomic E-state index is 0.0386. The smallest absolute Gasteiger partial charge is 0.429 e. The summed E-state index contributed by atoms with van der Waals surface area (Å²) in [4.78, 5) is 0. The summed E-state index contributed by atoms with van der Waals surface area (Å²) in [5, 5.41) is 0. The standard InChI is InChI=1S/C22H7F11O.2C2H6/c1-8-4-14(25)16(15(26)5-8)22(32,33)34-9-6-12(23)10(13(24)7-9)2-3-11-17(27)19(29)21(31)20(30)18(11)28;2*1-2/h4-7H,1H3;2*1-2H3. The average Bonchev–Trinajstić information content (AvgIpc) is 2.84. The summed E-state index contributed by atoms with van der Waals surface area (Å²) >= 11 is 0. The molecule has 0 saturated heterocycles. The minimum atomic E-state index is -4.73. The summed E-state index contributed by atoms with van der Waals surface area (Å²) in [5.74, 6) is -17.2. The summed E-state index contributed by atoms with van der Waals surface area (Å²) < 4.78 is 155. The van der Waals surface area contributed by atoms with Crippen molar-refractivity contribution < 1.29 is 53.0 Å².